The van der Waals surface area contributed by atoms with E-state index in [0.29, 0.717) is 28.4 Å². The number of aryl methyl sites for hydroxylation is 1. The van der Waals surface area contributed by atoms with E-state index in [1.165, 1.54) is 0 Å². The molecule has 0 aliphatic carbocycles. The first-order chi connectivity index (χ1) is 18.7. The van der Waals surface area contributed by atoms with Gasteiger partial charge in [0.2, 0.25) is 5.91 Å². The highest BCUT2D eigenvalue weighted by Gasteiger charge is 2.15. The van der Waals surface area contributed by atoms with E-state index >= 15 is 0 Å². The Balaban J connectivity index is 1.59. The van der Waals surface area contributed by atoms with Gasteiger partial charge in [-0.05, 0) is 87.9 Å². The molecule has 0 fully saturated rings. The average molecular weight is 541 g/mol. The van der Waals surface area contributed by atoms with E-state index in [4.69, 9.17) is 11.6 Å². The van der Waals surface area contributed by atoms with Gasteiger partial charge >= 0.3 is 0 Å². The first kappa shape index (κ1) is 28.0. The molecule has 1 atom stereocenters. The van der Waals surface area contributed by atoms with Gasteiger partial charge < -0.3 is 15.5 Å². The monoisotopic (exact) mass is 540 g/mol. The van der Waals surface area contributed by atoms with Crippen LogP contribution < -0.4 is 10.6 Å². The van der Waals surface area contributed by atoms with Gasteiger partial charge in [0, 0.05) is 52.2 Å². The molecule has 4 aromatic rings. The summed E-state index contributed by atoms with van der Waals surface area (Å²) in [5.74, 6) is 0.178. The summed E-state index contributed by atoms with van der Waals surface area (Å²) in [6.45, 7) is 4.91. The molecule has 39 heavy (non-hydrogen) atoms. The number of pyridine rings is 2. The summed E-state index contributed by atoms with van der Waals surface area (Å²) in [7, 11) is 3.98. The fraction of sp³-hybridized carbons (Fsp3) is 0.290. The zero-order valence-electron chi connectivity index (χ0n) is 22.8. The Hall–Kier alpha value is -3.99. The average Bonchev–Trinajstić information content (AvgIpc) is 2.91. The summed E-state index contributed by atoms with van der Waals surface area (Å²) < 4.78 is 0. The summed E-state index contributed by atoms with van der Waals surface area (Å²) in [6.07, 6.45) is 5.33. The van der Waals surface area contributed by atoms with Crippen LogP contribution in [0.4, 0.5) is 17.1 Å². The minimum atomic E-state index is -0.0412. The summed E-state index contributed by atoms with van der Waals surface area (Å²) in [5, 5.41) is 17.6. The summed E-state index contributed by atoms with van der Waals surface area (Å²) in [6, 6.07) is 17.8. The van der Waals surface area contributed by atoms with E-state index < -0.39 is 0 Å². The van der Waals surface area contributed by atoms with Crippen LogP contribution >= 0.6 is 11.6 Å². The maximum Gasteiger partial charge on any atom is 0.224 e. The van der Waals surface area contributed by atoms with E-state index in [2.05, 4.69) is 38.5 Å². The van der Waals surface area contributed by atoms with Gasteiger partial charge in [0.05, 0.1) is 16.8 Å². The smallest absolute Gasteiger partial charge is 0.224 e. The second kappa shape index (κ2) is 12.7. The number of aromatic nitrogens is 2. The molecule has 0 spiro atoms. The number of rotatable bonds is 10. The lowest BCUT2D eigenvalue weighted by Crippen LogP contribution is -2.17. The molecule has 0 aliphatic heterocycles. The van der Waals surface area contributed by atoms with Gasteiger partial charge in [-0.25, -0.2) is 0 Å². The van der Waals surface area contributed by atoms with Crippen molar-refractivity contribution < 1.29 is 4.79 Å². The third-order valence-electron chi connectivity index (χ3n) is 6.66. The lowest BCUT2D eigenvalue weighted by molar-refractivity contribution is -0.116. The molecule has 8 heteroatoms. The Morgan fingerprint density at radius 1 is 1.15 bits per heavy atom. The number of nitrogens with zero attached hydrogens (tertiary/aromatic N) is 4. The highest BCUT2D eigenvalue weighted by atomic mass is 35.5. The number of hydrogen-bond donors (Lipinski definition) is 2. The van der Waals surface area contributed by atoms with Gasteiger partial charge in [0.25, 0.3) is 0 Å². The summed E-state index contributed by atoms with van der Waals surface area (Å²) in [5.41, 5.74) is 6.16. The normalized spacial score (nSPS) is 11.8. The predicted molar refractivity (Wildman–Crippen MR) is 159 cm³/mol. The van der Waals surface area contributed by atoms with Crippen molar-refractivity contribution in [3.05, 3.63) is 88.3 Å². The number of halogens is 1. The predicted octanol–water partition coefficient (Wildman–Crippen LogP) is 6.83. The molecule has 1 amide bonds. The Bertz CT molecular complexity index is 1510. The number of anilines is 3. The number of fused-ring (bicyclic) bond motifs is 1. The quantitative estimate of drug-likeness (QED) is 0.229. The number of hydrogen-bond acceptors (Lipinski definition) is 6. The van der Waals surface area contributed by atoms with Crippen molar-refractivity contribution in [2.45, 2.75) is 39.0 Å². The fourth-order valence-corrected chi connectivity index (χ4v) is 4.76. The molecule has 0 saturated carbocycles. The maximum atomic E-state index is 12.6. The molecule has 0 saturated heterocycles. The third-order valence-corrected chi connectivity index (χ3v) is 7.01. The highest BCUT2D eigenvalue weighted by molar-refractivity contribution is 6.31. The lowest BCUT2D eigenvalue weighted by Gasteiger charge is -2.16. The van der Waals surface area contributed by atoms with Crippen molar-refractivity contribution in [3.8, 4) is 6.07 Å². The minimum absolute atomic E-state index is 0.0412. The standard InChI is InChI=1S/C31H33ClN6O/c1-20(27-8-5-6-12-34-27)14-22-10-11-24(16-26(22)32)36-31-23(18-33)19-35-29-15-21(2)28(17-25(29)31)37-30(39)9-7-13-38(3)4/h5-6,8,10-12,15-17,19-20H,7,9,13-14H2,1-4H3,(H,35,36)(H,37,39). The molecule has 2 N–H and O–H groups in total. The van der Waals surface area contributed by atoms with Crippen molar-refractivity contribution in [3.63, 3.8) is 0 Å². The topological polar surface area (TPSA) is 93.9 Å². The van der Waals surface area contributed by atoms with Crippen LogP contribution in [0.3, 0.4) is 0 Å². The molecule has 7 nitrogen and oxygen atoms in total. The second-order valence-corrected chi connectivity index (χ2v) is 10.5. The molecule has 0 aliphatic rings. The molecule has 2 aromatic heterocycles. The van der Waals surface area contributed by atoms with Crippen LogP contribution in [0.25, 0.3) is 10.9 Å². The molecule has 2 heterocycles. The fourth-order valence-electron chi connectivity index (χ4n) is 4.50. The summed E-state index contributed by atoms with van der Waals surface area (Å²) in [4.78, 5) is 23.6. The molecule has 2 aromatic carbocycles. The molecular formula is C31H33ClN6O. The van der Waals surface area contributed by atoms with Gasteiger partial charge in [-0.3, -0.25) is 14.8 Å². The van der Waals surface area contributed by atoms with Crippen molar-refractivity contribution in [2.24, 2.45) is 0 Å². The van der Waals surface area contributed by atoms with Gasteiger partial charge in [0.15, 0.2) is 0 Å². The number of amides is 1. The molecule has 0 bridgehead atoms. The van der Waals surface area contributed by atoms with Crippen molar-refractivity contribution in [1.29, 1.82) is 5.26 Å². The van der Waals surface area contributed by atoms with E-state index in [0.717, 1.165) is 52.8 Å². The van der Waals surface area contributed by atoms with Crippen LogP contribution in [0, 0.1) is 18.3 Å². The van der Waals surface area contributed by atoms with E-state index in [1.807, 2.05) is 69.6 Å². The first-order valence-electron chi connectivity index (χ1n) is 13.0. The molecule has 1 unspecified atom stereocenters. The van der Waals surface area contributed by atoms with Crippen LogP contribution in [0.2, 0.25) is 5.02 Å². The van der Waals surface area contributed by atoms with E-state index in [-0.39, 0.29) is 11.8 Å². The zero-order chi connectivity index (χ0) is 27.9. The number of nitriles is 1. The Labute approximate surface area is 234 Å². The van der Waals surface area contributed by atoms with E-state index in [9.17, 15) is 10.1 Å². The van der Waals surface area contributed by atoms with Crippen LogP contribution in [-0.4, -0.2) is 41.4 Å². The van der Waals surface area contributed by atoms with Crippen LogP contribution in [0.5, 0.6) is 0 Å². The van der Waals surface area contributed by atoms with Crippen molar-refractivity contribution in [1.82, 2.24) is 14.9 Å². The maximum absolute atomic E-state index is 12.6. The van der Waals surface area contributed by atoms with Gasteiger partial charge in [-0.15, -0.1) is 0 Å². The Morgan fingerprint density at radius 3 is 2.67 bits per heavy atom. The zero-order valence-corrected chi connectivity index (χ0v) is 23.5. The minimum Gasteiger partial charge on any atom is -0.354 e. The van der Waals surface area contributed by atoms with Crippen molar-refractivity contribution >= 4 is 45.5 Å². The highest BCUT2D eigenvalue weighted by Crippen LogP contribution is 2.34. The number of carbonyl (C=O) groups is 1. The molecule has 0 radical (unpaired) electrons. The number of carbonyl (C=O) groups excluding carboxylic acids is 1. The first-order valence-corrected chi connectivity index (χ1v) is 13.4. The van der Waals surface area contributed by atoms with E-state index in [1.54, 1.807) is 12.4 Å². The Morgan fingerprint density at radius 2 is 1.97 bits per heavy atom. The largest absolute Gasteiger partial charge is 0.354 e. The number of benzene rings is 2. The van der Waals surface area contributed by atoms with Crippen LogP contribution in [0.15, 0.2) is 60.9 Å². The lowest BCUT2D eigenvalue weighted by atomic mass is 9.97. The third kappa shape index (κ3) is 7.11. The van der Waals surface area contributed by atoms with Gasteiger partial charge in [-0.2, -0.15) is 5.26 Å². The molecular weight excluding hydrogens is 508 g/mol. The number of nitrogens with one attached hydrogen (secondary N) is 2. The van der Waals surface area contributed by atoms with Crippen LogP contribution in [-0.2, 0) is 11.2 Å². The summed E-state index contributed by atoms with van der Waals surface area (Å²) >= 11 is 6.70. The van der Waals surface area contributed by atoms with Crippen molar-refractivity contribution in [2.75, 3.05) is 31.3 Å². The molecule has 4 rings (SSSR count). The SMILES string of the molecule is Cc1cc2ncc(C#N)c(Nc3ccc(CC(C)c4ccccn4)c(Cl)c3)c2cc1NC(=O)CCCN(C)C. The van der Waals surface area contributed by atoms with Gasteiger partial charge in [-0.1, -0.05) is 30.7 Å². The van der Waals surface area contributed by atoms with Crippen LogP contribution in [0.1, 0.15) is 48.1 Å². The molecule has 200 valence electrons. The second-order valence-electron chi connectivity index (χ2n) is 10.1. The van der Waals surface area contributed by atoms with Gasteiger partial charge in [0.1, 0.15) is 6.07 Å². The Kier molecular flexibility index (Phi) is 9.13.